The monoisotopic (exact) mass is 193 g/mol. The zero-order valence-electron chi connectivity index (χ0n) is 8.62. The van der Waals surface area contributed by atoms with Gasteiger partial charge in [-0.25, -0.2) is 0 Å². The van der Waals surface area contributed by atoms with Crippen molar-refractivity contribution in [2.75, 3.05) is 7.11 Å². The Bertz CT molecular complexity index is 310. The van der Waals surface area contributed by atoms with Crippen molar-refractivity contribution in [1.29, 1.82) is 0 Å². The van der Waals surface area contributed by atoms with E-state index >= 15 is 0 Å². The summed E-state index contributed by atoms with van der Waals surface area (Å²) in [4.78, 5) is 15.2. The molecule has 0 fully saturated rings. The highest BCUT2D eigenvalue weighted by Crippen LogP contribution is 2.05. The lowest BCUT2D eigenvalue weighted by Crippen LogP contribution is -2.05. The number of hydrogen-bond donors (Lipinski definition) is 0. The molecule has 3 nitrogen and oxygen atoms in total. The summed E-state index contributed by atoms with van der Waals surface area (Å²) in [5, 5.41) is 0. The first-order valence-corrected chi connectivity index (χ1v) is 4.77. The number of carbonyl (C=O) groups is 1. The fourth-order valence-electron chi connectivity index (χ4n) is 1.27. The quantitative estimate of drug-likeness (QED) is 0.684. The molecule has 0 saturated heterocycles. The number of esters is 1. The van der Waals surface area contributed by atoms with Crippen LogP contribution >= 0.6 is 0 Å². The first-order valence-electron chi connectivity index (χ1n) is 4.77. The van der Waals surface area contributed by atoms with Crippen LogP contribution in [-0.4, -0.2) is 18.1 Å². The maximum absolute atomic E-state index is 11.0. The third-order valence-corrected chi connectivity index (χ3v) is 1.96. The lowest BCUT2D eigenvalue weighted by Gasteiger charge is -2.02. The number of aromatic nitrogens is 1. The number of pyridine rings is 1. The van der Waals surface area contributed by atoms with Gasteiger partial charge in [0.15, 0.2) is 0 Å². The maximum Gasteiger partial charge on any atom is 0.309 e. The second-order valence-corrected chi connectivity index (χ2v) is 3.16. The summed E-state index contributed by atoms with van der Waals surface area (Å²) < 4.78 is 4.59. The molecule has 0 aliphatic heterocycles. The molecule has 0 aromatic carbocycles. The third-order valence-electron chi connectivity index (χ3n) is 1.96. The van der Waals surface area contributed by atoms with Gasteiger partial charge < -0.3 is 4.74 Å². The molecular weight excluding hydrogens is 178 g/mol. The van der Waals surface area contributed by atoms with E-state index in [1.807, 2.05) is 12.1 Å². The molecule has 0 radical (unpaired) electrons. The van der Waals surface area contributed by atoms with Gasteiger partial charge in [0.05, 0.1) is 13.5 Å². The van der Waals surface area contributed by atoms with Gasteiger partial charge in [0.1, 0.15) is 0 Å². The van der Waals surface area contributed by atoms with Crippen molar-refractivity contribution in [3.63, 3.8) is 0 Å². The topological polar surface area (TPSA) is 39.2 Å². The number of nitrogens with zero attached hydrogens (tertiary/aromatic N) is 1. The van der Waals surface area contributed by atoms with Crippen LogP contribution in [0.15, 0.2) is 18.3 Å². The third kappa shape index (κ3) is 3.17. The summed E-state index contributed by atoms with van der Waals surface area (Å²) >= 11 is 0. The van der Waals surface area contributed by atoms with Crippen LogP contribution in [0, 0.1) is 0 Å². The Hall–Kier alpha value is -1.38. The van der Waals surface area contributed by atoms with Crippen LogP contribution in [0.5, 0.6) is 0 Å². The minimum absolute atomic E-state index is 0.210. The molecule has 14 heavy (non-hydrogen) atoms. The van der Waals surface area contributed by atoms with E-state index < -0.39 is 0 Å². The number of carbonyl (C=O) groups excluding carboxylic acids is 1. The molecule has 1 rings (SSSR count). The molecule has 0 aliphatic rings. The average molecular weight is 193 g/mol. The molecule has 0 N–H and O–H groups in total. The molecule has 0 spiro atoms. The Kier molecular flexibility index (Phi) is 4.11. The van der Waals surface area contributed by atoms with E-state index in [1.165, 1.54) is 7.11 Å². The zero-order valence-corrected chi connectivity index (χ0v) is 8.62. The lowest BCUT2D eigenvalue weighted by atomic mass is 10.1. The molecule has 0 atom stereocenters. The van der Waals surface area contributed by atoms with Crippen molar-refractivity contribution in [2.45, 2.75) is 26.2 Å². The van der Waals surface area contributed by atoms with Gasteiger partial charge >= 0.3 is 5.97 Å². The number of methoxy groups -OCH3 is 1. The van der Waals surface area contributed by atoms with Gasteiger partial charge in [0.25, 0.3) is 0 Å². The summed E-state index contributed by atoms with van der Waals surface area (Å²) in [6.07, 6.45) is 4.09. The smallest absolute Gasteiger partial charge is 0.309 e. The Labute approximate surface area is 84.1 Å². The first kappa shape index (κ1) is 10.7. The van der Waals surface area contributed by atoms with Crippen molar-refractivity contribution in [1.82, 2.24) is 4.98 Å². The molecule has 1 aromatic rings. The van der Waals surface area contributed by atoms with Crippen LogP contribution in [0.4, 0.5) is 0 Å². The van der Waals surface area contributed by atoms with Gasteiger partial charge in [-0.1, -0.05) is 13.3 Å². The molecule has 0 aliphatic carbocycles. The Balaban J connectivity index is 2.68. The zero-order chi connectivity index (χ0) is 10.4. The normalized spacial score (nSPS) is 9.86. The van der Waals surface area contributed by atoms with Crippen molar-refractivity contribution in [2.24, 2.45) is 0 Å². The van der Waals surface area contributed by atoms with Gasteiger partial charge in [-0.15, -0.1) is 0 Å². The van der Waals surface area contributed by atoms with E-state index in [9.17, 15) is 4.79 Å². The highest BCUT2D eigenvalue weighted by atomic mass is 16.5. The molecular formula is C11H15NO2. The van der Waals surface area contributed by atoms with Crippen LogP contribution in [0.2, 0.25) is 0 Å². The van der Waals surface area contributed by atoms with Crippen molar-refractivity contribution < 1.29 is 9.53 Å². The summed E-state index contributed by atoms with van der Waals surface area (Å²) in [7, 11) is 1.40. The van der Waals surface area contributed by atoms with E-state index in [4.69, 9.17) is 0 Å². The van der Waals surface area contributed by atoms with E-state index in [2.05, 4.69) is 16.6 Å². The van der Waals surface area contributed by atoms with Gasteiger partial charge in [-0.2, -0.15) is 0 Å². The summed E-state index contributed by atoms with van der Waals surface area (Å²) in [5.41, 5.74) is 2.00. The van der Waals surface area contributed by atoms with Crippen LogP contribution in [0.1, 0.15) is 24.6 Å². The Morgan fingerprint density at radius 2 is 2.36 bits per heavy atom. The van der Waals surface area contributed by atoms with Crippen LogP contribution in [0.3, 0.4) is 0 Å². The van der Waals surface area contributed by atoms with E-state index in [0.29, 0.717) is 6.42 Å². The largest absolute Gasteiger partial charge is 0.469 e. The molecule has 1 aromatic heterocycles. The van der Waals surface area contributed by atoms with Gasteiger partial charge in [0.2, 0.25) is 0 Å². The second kappa shape index (κ2) is 5.37. The number of aryl methyl sites for hydroxylation is 1. The number of ether oxygens (including phenoxy) is 1. The minimum atomic E-state index is -0.210. The van der Waals surface area contributed by atoms with Crippen LogP contribution in [-0.2, 0) is 22.4 Å². The molecule has 0 amide bonds. The molecule has 76 valence electrons. The highest BCUT2D eigenvalue weighted by Gasteiger charge is 2.03. The van der Waals surface area contributed by atoms with Gasteiger partial charge in [-0.05, 0) is 24.1 Å². The van der Waals surface area contributed by atoms with Crippen LogP contribution in [0.25, 0.3) is 0 Å². The van der Waals surface area contributed by atoms with Crippen LogP contribution < -0.4 is 0 Å². The van der Waals surface area contributed by atoms with E-state index in [-0.39, 0.29) is 5.97 Å². The number of rotatable bonds is 4. The Morgan fingerprint density at radius 1 is 1.57 bits per heavy atom. The molecule has 3 heteroatoms. The maximum atomic E-state index is 11.0. The molecule has 0 bridgehead atoms. The molecule has 1 heterocycles. The lowest BCUT2D eigenvalue weighted by molar-refractivity contribution is -0.139. The molecule has 0 saturated carbocycles. The van der Waals surface area contributed by atoms with E-state index in [1.54, 1.807) is 6.20 Å². The van der Waals surface area contributed by atoms with Crippen molar-refractivity contribution in [3.8, 4) is 0 Å². The predicted molar refractivity (Wildman–Crippen MR) is 54.0 cm³/mol. The second-order valence-electron chi connectivity index (χ2n) is 3.16. The van der Waals surface area contributed by atoms with Gasteiger partial charge in [-0.3, -0.25) is 9.78 Å². The average Bonchev–Trinajstić information content (AvgIpc) is 2.19. The molecule has 0 unspecified atom stereocenters. The fourth-order valence-corrected chi connectivity index (χ4v) is 1.27. The fraction of sp³-hybridized carbons (Fsp3) is 0.455. The summed E-state index contributed by atoms with van der Waals surface area (Å²) in [6.45, 7) is 2.11. The van der Waals surface area contributed by atoms with E-state index in [0.717, 1.165) is 24.1 Å². The first-order chi connectivity index (χ1) is 6.76. The standard InChI is InChI=1S/C11H15NO2/c1-3-4-10-7-9(5-6-12-10)8-11(13)14-2/h5-7H,3-4,8H2,1-2H3. The SMILES string of the molecule is CCCc1cc(CC(=O)OC)ccn1. The van der Waals surface area contributed by atoms with Crippen molar-refractivity contribution >= 4 is 5.97 Å². The Morgan fingerprint density at radius 3 is 3.00 bits per heavy atom. The summed E-state index contributed by atoms with van der Waals surface area (Å²) in [5.74, 6) is -0.210. The highest BCUT2D eigenvalue weighted by molar-refractivity contribution is 5.72. The van der Waals surface area contributed by atoms with Crippen molar-refractivity contribution in [3.05, 3.63) is 29.6 Å². The van der Waals surface area contributed by atoms with Gasteiger partial charge in [0, 0.05) is 11.9 Å². The minimum Gasteiger partial charge on any atom is -0.469 e. The number of hydrogen-bond acceptors (Lipinski definition) is 3. The summed E-state index contributed by atoms with van der Waals surface area (Å²) in [6, 6.07) is 3.80. The predicted octanol–water partition coefficient (Wildman–Crippen LogP) is 1.75.